The molecule has 5 nitrogen and oxygen atoms in total. The fourth-order valence-electron chi connectivity index (χ4n) is 3.60. The Bertz CT molecular complexity index is 590. The van der Waals surface area contributed by atoms with E-state index in [4.69, 9.17) is 4.74 Å². The van der Waals surface area contributed by atoms with E-state index in [-0.39, 0.29) is 0 Å². The quantitative estimate of drug-likeness (QED) is 0.834. The van der Waals surface area contributed by atoms with Crippen LogP contribution in [0.2, 0.25) is 0 Å². The zero-order valence-corrected chi connectivity index (χ0v) is 11.6. The fraction of sp³-hybridized carbons (Fsp3) is 0.600. The molecule has 106 valence electrons. The summed E-state index contributed by atoms with van der Waals surface area (Å²) >= 11 is 0. The van der Waals surface area contributed by atoms with E-state index >= 15 is 0 Å². The molecule has 2 saturated heterocycles. The van der Waals surface area contributed by atoms with Crippen LogP contribution < -0.4 is 0 Å². The van der Waals surface area contributed by atoms with Gasteiger partial charge in [-0.25, -0.2) is 9.97 Å². The van der Waals surface area contributed by atoms with Crippen LogP contribution in [0.3, 0.4) is 0 Å². The van der Waals surface area contributed by atoms with Crippen LogP contribution in [0.15, 0.2) is 24.7 Å². The summed E-state index contributed by atoms with van der Waals surface area (Å²) in [6.45, 7) is 4.20. The molecule has 0 spiro atoms. The Morgan fingerprint density at radius 2 is 1.95 bits per heavy atom. The van der Waals surface area contributed by atoms with Crippen molar-refractivity contribution in [1.29, 1.82) is 0 Å². The van der Waals surface area contributed by atoms with E-state index in [0.717, 1.165) is 25.5 Å². The third kappa shape index (κ3) is 2.11. The highest BCUT2D eigenvalue weighted by atomic mass is 16.5. The molecule has 0 amide bonds. The van der Waals surface area contributed by atoms with Crippen LogP contribution in [-0.2, 0) is 4.74 Å². The van der Waals surface area contributed by atoms with Crippen LogP contribution >= 0.6 is 0 Å². The number of imidazole rings is 1. The lowest BCUT2D eigenvalue weighted by molar-refractivity contribution is 0.0419. The first kappa shape index (κ1) is 12.3. The molecule has 0 aliphatic carbocycles. The second kappa shape index (κ2) is 5.14. The van der Waals surface area contributed by atoms with Gasteiger partial charge in [0.25, 0.3) is 0 Å². The van der Waals surface area contributed by atoms with Gasteiger partial charge in [0.1, 0.15) is 0 Å². The maximum absolute atomic E-state index is 5.47. The van der Waals surface area contributed by atoms with Gasteiger partial charge in [-0.1, -0.05) is 0 Å². The van der Waals surface area contributed by atoms with Crippen molar-refractivity contribution in [2.75, 3.05) is 26.3 Å². The smallest absolute Gasteiger partial charge is 0.233 e. The molecule has 4 heterocycles. The highest BCUT2D eigenvalue weighted by Crippen LogP contribution is 2.30. The molecule has 5 heteroatoms. The van der Waals surface area contributed by atoms with Crippen LogP contribution in [0.4, 0.5) is 0 Å². The second-order valence-electron chi connectivity index (χ2n) is 5.79. The van der Waals surface area contributed by atoms with E-state index in [9.17, 15) is 0 Å². The highest BCUT2D eigenvalue weighted by Gasteiger charge is 2.31. The van der Waals surface area contributed by atoms with Crippen molar-refractivity contribution in [3.8, 4) is 0 Å². The van der Waals surface area contributed by atoms with Gasteiger partial charge in [0.2, 0.25) is 5.78 Å². The van der Waals surface area contributed by atoms with Gasteiger partial charge in [-0.05, 0) is 31.9 Å². The Morgan fingerprint density at radius 1 is 1.10 bits per heavy atom. The molecule has 2 aliphatic rings. The third-order valence-corrected chi connectivity index (χ3v) is 4.68. The number of likely N-dealkylation sites (tertiary alicyclic amines) is 1. The fourth-order valence-corrected chi connectivity index (χ4v) is 3.60. The second-order valence-corrected chi connectivity index (χ2v) is 5.79. The van der Waals surface area contributed by atoms with Gasteiger partial charge in [0.15, 0.2) is 0 Å². The molecule has 0 unspecified atom stereocenters. The number of fused-ring (bicyclic) bond motifs is 1. The van der Waals surface area contributed by atoms with Gasteiger partial charge in [-0.3, -0.25) is 9.30 Å². The number of hydrogen-bond acceptors (Lipinski definition) is 4. The molecule has 2 aliphatic heterocycles. The largest absolute Gasteiger partial charge is 0.381 e. The van der Waals surface area contributed by atoms with Gasteiger partial charge in [-0.2, -0.15) is 0 Å². The number of rotatable bonds is 2. The van der Waals surface area contributed by atoms with E-state index in [0.29, 0.717) is 12.0 Å². The minimum atomic E-state index is 0.595. The molecule has 20 heavy (non-hydrogen) atoms. The van der Waals surface area contributed by atoms with Crippen LogP contribution in [0.5, 0.6) is 0 Å². The van der Waals surface area contributed by atoms with E-state index in [1.54, 1.807) is 0 Å². The lowest BCUT2D eigenvalue weighted by Gasteiger charge is -2.31. The minimum absolute atomic E-state index is 0.595. The summed E-state index contributed by atoms with van der Waals surface area (Å²) in [7, 11) is 0. The molecule has 2 aromatic rings. The number of aromatic nitrogens is 3. The standard InChI is InChI=1S/C15H20N4O/c1-5-16-15-17-6-8-19(15)14(1)12-2-7-18(11-12)13-3-9-20-10-4-13/h1,5-6,8,12-13H,2-4,7,9-11H2/t12-/m1/s1. The third-order valence-electron chi connectivity index (χ3n) is 4.68. The van der Waals surface area contributed by atoms with Crippen molar-refractivity contribution in [2.45, 2.75) is 31.2 Å². The van der Waals surface area contributed by atoms with Gasteiger partial charge in [-0.15, -0.1) is 0 Å². The monoisotopic (exact) mass is 272 g/mol. The van der Waals surface area contributed by atoms with E-state index in [2.05, 4.69) is 25.3 Å². The van der Waals surface area contributed by atoms with Crippen molar-refractivity contribution < 1.29 is 4.74 Å². The maximum Gasteiger partial charge on any atom is 0.233 e. The van der Waals surface area contributed by atoms with Gasteiger partial charge < -0.3 is 4.74 Å². The molecule has 1 atom stereocenters. The number of nitrogens with zero attached hydrogens (tertiary/aromatic N) is 4. The average Bonchev–Trinajstić information content (AvgIpc) is 3.17. The lowest BCUT2D eigenvalue weighted by atomic mass is 10.0. The van der Waals surface area contributed by atoms with E-state index in [1.165, 1.54) is 31.5 Å². The molecule has 2 aromatic heterocycles. The predicted octanol–water partition coefficient (Wildman–Crippen LogP) is 1.70. The zero-order valence-electron chi connectivity index (χ0n) is 11.6. The average molecular weight is 272 g/mol. The molecule has 0 bridgehead atoms. The van der Waals surface area contributed by atoms with Crippen LogP contribution in [0.1, 0.15) is 30.9 Å². The summed E-state index contributed by atoms with van der Waals surface area (Å²) < 4.78 is 7.61. The summed E-state index contributed by atoms with van der Waals surface area (Å²) in [6, 6.07) is 2.86. The molecule has 0 aromatic carbocycles. The predicted molar refractivity (Wildman–Crippen MR) is 75.8 cm³/mol. The van der Waals surface area contributed by atoms with Crippen molar-refractivity contribution in [3.63, 3.8) is 0 Å². The summed E-state index contributed by atoms with van der Waals surface area (Å²) in [5.41, 5.74) is 1.35. The molecular weight excluding hydrogens is 252 g/mol. The molecule has 0 radical (unpaired) electrons. The Morgan fingerprint density at radius 3 is 2.85 bits per heavy atom. The first-order valence-electron chi connectivity index (χ1n) is 7.51. The first-order chi connectivity index (χ1) is 9.92. The molecule has 0 N–H and O–H groups in total. The molecule has 2 fully saturated rings. The molecular formula is C15H20N4O. The first-order valence-corrected chi connectivity index (χ1v) is 7.51. The van der Waals surface area contributed by atoms with Crippen molar-refractivity contribution in [2.24, 2.45) is 0 Å². The van der Waals surface area contributed by atoms with Gasteiger partial charge in [0.05, 0.1) is 0 Å². The highest BCUT2D eigenvalue weighted by molar-refractivity contribution is 5.31. The van der Waals surface area contributed by atoms with Crippen LogP contribution in [0.25, 0.3) is 5.78 Å². The Labute approximate surface area is 118 Å². The SMILES string of the molecule is c1cc([C@@H]2CCN(C3CCOCC3)C2)n2ccnc2n1. The zero-order chi connectivity index (χ0) is 13.4. The topological polar surface area (TPSA) is 42.7 Å². The minimum Gasteiger partial charge on any atom is -0.381 e. The molecule has 0 saturated carbocycles. The maximum atomic E-state index is 5.47. The molecule has 4 rings (SSSR count). The number of hydrogen-bond donors (Lipinski definition) is 0. The van der Waals surface area contributed by atoms with Crippen molar-refractivity contribution in [3.05, 3.63) is 30.4 Å². The Hall–Kier alpha value is -1.46. The normalized spacial score (nSPS) is 25.5. The number of ether oxygens (including phenoxy) is 1. The van der Waals surface area contributed by atoms with Crippen molar-refractivity contribution in [1.82, 2.24) is 19.3 Å². The van der Waals surface area contributed by atoms with Gasteiger partial charge in [0, 0.05) is 56.0 Å². The summed E-state index contributed by atoms with van der Waals surface area (Å²) in [5, 5.41) is 0. The van der Waals surface area contributed by atoms with Gasteiger partial charge >= 0.3 is 0 Å². The summed E-state index contributed by atoms with van der Waals surface area (Å²) in [6.07, 6.45) is 9.34. The summed E-state index contributed by atoms with van der Waals surface area (Å²) in [4.78, 5) is 11.2. The van der Waals surface area contributed by atoms with Crippen LogP contribution in [0, 0.1) is 0 Å². The lowest BCUT2D eigenvalue weighted by Crippen LogP contribution is -2.37. The van der Waals surface area contributed by atoms with E-state index < -0.39 is 0 Å². The Balaban J connectivity index is 1.54. The summed E-state index contributed by atoms with van der Waals surface area (Å²) in [5.74, 6) is 1.41. The van der Waals surface area contributed by atoms with E-state index in [1.807, 2.05) is 18.6 Å². The Kier molecular flexibility index (Phi) is 3.16. The van der Waals surface area contributed by atoms with Crippen molar-refractivity contribution >= 4 is 5.78 Å². The van der Waals surface area contributed by atoms with Crippen LogP contribution in [-0.4, -0.2) is 51.6 Å².